The van der Waals surface area contributed by atoms with E-state index in [2.05, 4.69) is 9.97 Å². The monoisotopic (exact) mass is 357 g/mol. The highest BCUT2D eigenvalue weighted by atomic mass is 35.5. The van der Waals surface area contributed by atoms with Gasteiger partial charge in [0.15, 0.2) is 15.9 Å². The summed E-state index contributed by atoms with van der Waals surface area (Å²) in [5.74, 6) is 0. The minimum absolute atomic E-state index is 0.0185. The average Bonchev–Trinajstić information content (AvgIpc) is 2.76. The molecule has 0 saturated heterocycles. The second kappa shape index (κ2) is 7.69. The fraction of sp³-hybridized carbons (Fsp3) is 0.182. The molecule has 10 heteroatoms. The number of thiazole rings is 1. The number of nitrogens with zero attached hydrogens (tertiary/aromatic N) is 2. The maximum Gasteiger partial charge on any atom is 0.416 e. The maximum atomic E-state index is 12.2. The van der Waals surface area contributed by atoms with Crippen molar-refractivity contribution in [1.29, 1.82) is 0 Å². The van der Waals surface area contributed by atoms with Crippen molar-refractivity contribution in [2.75, 3.05) is 0 Å². The van der Waals surface area contributed by atoms with E-state index in [0.717, 1.165) is 29.8 Å². The molecule has 21 heavy (non-hydrogen) atoms. The van der Waals surface area contributed by atoms with Gasteiger partial charge in [0, 0.05) is 18.9 Å². The van der Waals surface area contributed by atoms with Gasteiger partial charge in [-0.05, 0) is 11.6 Å². The van der Waals surface area contributed by atoms with E-state index in [1.54, 1.807) is 0 Å². The molecule has 0 radical (unpaired) electrons. The molecule has 0 amide bonds. The number of hydrogen-bond donors (Lipinski definition) is 1. The van der Waals surface area contributed by atoms with Crippen molar-refractivity contribution in [3.05, 3.63) is 44.1 Å². The van der Waals surface area contributed by atoms with Gasteiger partial charge in [0.25, 0.3) is 0 Å². The summed E-state index contributed by atoms with van der Waals surface area (Å²) in [6, 6.07) is 0.919. The molecule has 0 spiro atoms. The SMILES string of the molecule is NCc1cnccc1C(F)(F)F.O=Cc1sc(Cl)nc1Cl. The first-order chi connectivity index (χ1) is 9.79. The fourth-order valence-electron chi connectivity index (χ4n) is 1.23. The summed E-state index contributed by atoms with van der Waals surface area (Å²) in [6.45, 7) is -0.150. The largest absolute Gasteiger partial charge is 0.416 e. The average molecular weight is 358 g/mol. The number of nitrogens with two attached hydrogens (primary N) is 1. The predicted octanol–water partition coefficient (Wildman–Crippen LogP) is 3.82. The number of hydrogen-bond acceptors (Lipinski definition) is 5. The maximum absolute atomic E-state index is 12.2. The molecule has 0 saturated carbocycles. The van der Waals surface area contributed by atoms with Crippen LogP contribution in [0.4, 0.5) is 13.2 Å². The molecule has 0 aliphatic carbocycles. The van der Waals surface area contributed by atoms with Gasteiger partial charge in [-0.3, -0.25) is 9.78 Å². The number of aromatic nitrogens is 2. The molecule has 2 N–H and O–H groups in total. The number of halogens is 5. The third-order valence-electron chi connectivity index (χ3n) is 2.12. The number of alkyl halides is 3. The molecule has 4 nitrogen and oxygen atoms in total. The second-order valence-electron chi connectivity index (χ2n) is 3.47. The van der Waals surface area contributed by atoms with Crippen LogP contribution in [0.25, 0.3) is 0 Å². The summed E-state index contributed by atoms with van der Waals surface area (Å²) in [4.78, 5) is 17.6. The molecule has 0 atom stereocenters. The van der Waals surface area contributed by atoms with E-state index in [1.165, 1.54) is 0 Å². The number of aldehydes is 1. The predicted molar refractivity (Wildman–Crippen MR) is 74.7 cm³/mol. The number of carbonyl (C=O) groups is 1. The van der Waals surface area contributed by atoms with E-state index < -0.39 is 11.7 Å². The van der Waals surface area contributed by atoms with E-state index in [-0.39, 0.29) is 17.3 Å². The summed E-state index contributed by atoms with van der Waals surface area (Å²) >= 11 is 11.9. The van der Waals surface area contributed by atoms with Gasteiger partial charge >= 0.3 is 6.18 Å². The summed E-state index contributed by atoms with van der Waals surface area (Å²) in [7, 11) is 0. The van der Waals surface area contributed by atoms with E-state index in [4.69, 9.17) is 28.9 Å². The minimum Gasteiger partial charge on any atom is -0.326 e. The normalized spacial score (nSPS) is 10.8. The Labute approximate surface area is 131 Å². The topological polar surface area (TPSA) is 68.9 Å². The van der Waals surface area contributed by atoms with Crippen molar-refractivity contribution in [3.63, 3.8) is 0 Å². The highest BCUT2D eigenvalue weighted by molar-refractivity contribution is 7.17. The van der Waals surface area contributed by atoms with Crippen LogP contribution in [0.3, 0.4) is 0 Å². The molecule has 2 rings (SSSR count). The molecule has 0 aliphatic rings. The zero-order chi connectivity index (χ0) is 16.0. The standard InChI is InChI=1S/C7H7F3N2.C4HCl2NOS/c8-7(9,10)6-1-2-12-4-5(6)3-11;5-3-2(1-8)9-4(6)7-3/h1-2,4H,3,11H2;1H. The summed E-state index contributed by atoms with van der Waals surface area (Å²) < 4.78 is 36.7. The molecule has 0 bridgehead atoms. The van der Waals surface area contributed by atoms with Gasteiger partial charge in [-0.15, -0.1) is 0 Å². The minimum atomic E-state index is -4.34. The zero-order valence-electron chi connectivity index (χ0n) is 10.2. The van der Waals surface area contributed by atoms with Crippen LogP contribution in [0.2, 0.25) is 9.62 Å². The Morgan fingerprint density at radius 2 is 2.05 bits per heavy atom. The van der Waals surface area contributed by atoms with Crippen LogP contribution in [0, 0.1) is 0 Å². The first-order valence-electron chi connectivity index (χ1n) is 5.26. The van der Waals surface area contributed by atoms with Crippen LogP contribution in [-0.2, 0) is 12.7 Å². The number of pyridine rings is 1. The zero-order valence-corrected chi connectivity index (χ0v) is 12.5. The van der Waals surface area contributed by atoms with Crippen molar-refractivity contribution in [1.82, 2.24) is 9.97 Å². The van der Waals surface area contributed by atoms with Crippen LogP contribution in [0.5, 0.6) is 0 Å². The second-order valence-corrected chi connectivity index (χ2v) is 5.45. The van der Waals surface area contributed by atoms with Gasteiger partial charge in [-0.2, -0.15) is 13.2 Å². The lowest BCUT2D eigenvalue weighted by molar-refractivity contribution is -0.138. The number of rotatable bonds is 2. The quantitative estimate of drug-likeness (QED) is 0.829. The molecule has 114 valence electrons. The van der Waals surface area contributed by atoms with E-state index in [0.29, 0.717) is 15.6 Å². The van der Waals surface area contributed by atoms with Crippen LogP contribution >= 0.6 is 34.5 Å². The Morgan fingerprint density at radius 1 is 1.38 bits per heavy atom. The van der Waals surface area contributed by atoms with Crippen molar-refractivity contribution in [2.24, 2.45) is 5.73 Å². The molecule has 0 unspecified atom stereocenters. The van der Waals surface area contributed by atoms with Gasteiger partial charge < -0.3 is 5.73 Å². The number of carbonyl (C=O) groups excluding carboxylic acids is 1. The van der Waals surface area contributed by atoms with Crippen molar-refractivity contribution in [3.8, 4) is 0 Å². The summed E-state index contributed by atoms with van der Waals surface area (Å²) in [5.41, 5.74) is 4.42. The lowest BCUT2D eigenvalue weighted by Gasteiger charge is -2.09. The van der Waals surface area contributed by atoms with Gasteiger partial charge in [-0.25, -0.2) is 4.98 Å². The van der Waals surface area contributed by atoms with Crippen molar-refractivity contribution in [2.45, 2.75) is 12.7 Å². The first-order valence-corrected chi connectivity index (χ1v) is 6.84. The van der Waals surface area contributed by atoms with E-state index >= 15 is 0 Å². The molecular formula is C11H8Cl2F3N3OS. The van der Waals surface area contributed by atoms with Crippen LogP contribution in [0.1, 0.15) is 20.8 Å². The van der Waals surface area contributed by atoms with Crippen molar-refractivity contribution < 1.29 is 18.0 Å². The Morgan fingerprint density at radius 3 is 2.38 bits per heavy atom. The molecular weight excluding hydrogens is 350 g/mol. The Kier molecular flexibility index (Phi) is 6.53. The molecule has 2 aromatic rings. The Bertz CT molecular complexity index is 619. The lowest BCUT2D eigenvalue weighted by Crippen LogP contribution is -2.11. The molecule has 2 aromatic heterocycles. The smallest absolute Gasteiger partial charge is 0.326 e. The van der Waals surface area contributed by atoms with Gasteiger partial charge in [0.05, 0.1) is 5.56 Å². The Hall–Kier alpha value is -1.22. The molecule has 0 fully saturated rings. The van der Waals surface area contributed by atoms with E-state index in [1.807, 2.05) is 0 Å². The van der Waals surface area contributed by atoms with Crippen LogP contribution in [0.15, 0.2) is 18.5 Å². The highest BCUT2D eigenvalue weighted by Crippen LogP contribution is 2.31. The fourth-order valence-corrected chi connectivity index (χ4v) is 2.40. The molecule has 0 aliphatic heterocycles. The van der Waals surface area contributed by atoms with Gasteiger partial charge in [0.1, 0.15) is 4.88 Å². The summed E-state index contributed by atoms with van der Waals surface area (Å²) in [6.07, 6.45) is -1.48. The highest BCUT2D eigenvalue weighted by Gasteiger charge is 2.32. The van der Waals surface area contributed by atoms with E-state index in [9.17, 15) is 18.0 Å². The van der Waals surface area contributed by atoms with Crippen LogP contribution in [-0.4, -0.2) is 16.3 Å². The third kappa shape index (κ3) is 5.24. The molecule has 2 heterocycles. The first kappa shape index (κ1) is 17.8. The van der Waals surface area contributed by atoms with Gasteiger partial charge in [-0.1, -0.05) is 34.5 Å². The van der Waals surface area contributed by atoms with Crippen molar-refractivity contribution >= 4 is 40.8 Å². The summed E-state index contributed by atoms with van der Waals surface area (Å²) in [5, 5.41) is 0.181. The lowest BCUT2D eigenvalue weighted by atomic mass is 10.1. The third-order valence-corrected chi connectivity index (χ3v) is 3.60. The molecule has 0 aromatic carbocycles. The Balaban J connectivity index is 0.000000219. The van der Waals surface area contributed by atoms with Crippen LogP contribution < -0.4 is 5.73 Å². The van der Waals surface area contributed by atoms with Gasteiger partial charge in [0.2, 0.25) is 0 Å².